The molecule has 3 rings (SSSR count). The lowest BCUT2D eigenvalue weighted by molar-refractivity contribution is 0.278. The lowest BCUT2D eigenvalue weighted by Crippen LogP contribution is -2.04. The summed E-state index contributed by atoms with van der Waals surface area (Å²) in [6.45, 7) is 0.574. The Labute approximate surface area is 182 Å². The molecule has 0 saturated carbocycles. The van der Waals surface area contributed by atoms with Crippen molar-refractivity contribution < 1.29 is 18.6 Å². The molecule has 3 aromatic carbocycles. The van der Waals surface area contributed by atoms with Gasteiger partial charge in [-0.3, -0.25) is 0 Å². The van der Waals surface area contributed by atoms with Crippen LogP contribution in [0.4, 0.5) is 10.1 Å². The van der Waals surface area contributed by atoms with Gasteiger partial charge in [0.05, 0.1) is 23.7 Å². The third kappa shape index (κ3) is 5.34. The Morgan fingerprint density at radius 3 is 2.45 bits per heavy atom. The predicted molar refractivity (Wildman–Crippen MR) is 117 cm³/mol. The van der Waals surface area contributed by atoms with E-state index in [1.807, 2.05) is 36.4 Å². The highest BCUT2D eigenvalue weighted by Crippen LogP contribution is 2.38. The lowest BCUT2D eigenvalue weighted by atomic mass is 10.2. The van der Waals surface area contributed by atoms with Crippen molar-refractivity contribution in [1.29, 1.82) is 0 Å². The number of benzene rings is 3. The maximum Gasteiger partial charge on any atom is 0.175 e. The van der Waals surface area contributed by atoms with Crippen LogP contribution in [0.1, 0.15) is 11.1 Å². The highest BCUT2D eigenvalue weighted by molar-refractivity contribution is 9.10. The van der Waals surface area contributed by atoms with Gasteiger partial charge in [-0.1, -0.05) is 17.7 Å². The summed E-state index contributed by atoms with van der Waals surface area (Å²) in [7, 11) is 3.20. The molecule has 4 nitrogen and oxygen atoms in total. The molecule has 0 bridgehead atoms. The van der Waals surface area contributed by atoms with Gasteiger partial charge in [0.1, 0.15) is 18.2 Å². The molecule has 3 aromatic rings. The second-order valence-electron chi connectivity index (χ2n) is 6.18. The van der Waals surface area contributed by atoms with Crippen molar-refractivity contribution in [3.05, 3.63) is 81.0 Å². The molecule has 0 spiro atoms. The summed E-state index contributed by atoms with van der Waals surface area (Å²) in [5.41, 5.74) is 2.25. The van der Waals surface area contributed by atoms with Crippen LogP contribution < -0.4 is 19.5 Å². The first-order valence-corrected chi connectivity index (χ1v) is 9.99. The van der Waals surface area contributed by atoms with Gasteiger partial charge in [-0.05, 0) is 70.0 Å². The van der Waals surface area contributed by atoms with Crippen molar-refractivity contribution in [1.82, 2.24) is 0 Å². The van der Waals surface area contributed by atoms with E-state index >= 15 is 0 Å². The van der Waals surface area contributed by atoms with Gasteiger partial charge in [-0.25, -0.2) is 4.39 Å². The fourth-order valence-electron chi connectivity index (χ4n) is 2.74. The monoisotopic (exact) mass is 479 g/mol. The number of hydrogen-bond acceptors (Lipinski definition) is 4. The van der Waals surface area contributed by atoms with Crippen LogP contribution in [0, 0.1) is 5.82 Å². The number of rotatable bonds is 8. The van der Waals surface area contributed by atoms with E-state index in [1.165, 1.54) is 6.07 Å². The summed E-state index contributed by atoms with van der Waals surface area (Å²) in [6, 6.07) is 16.0. The maximum absolute atomic E-state index is 14.0. The van der Waals surface area contributed by atoms with Crippen LogP contribution in [-0.4, -0.2) is 14.2 Å². The van der Waals surface area contributed by atoms with E-state index in [4.69, 9.17) is 25.8 Å². The average molecular weight is 481 g/mol. The lowest BCUT2D eigenvalue weighted by Gasteiger charge is -2.16. The van der Waals surface area contributed by atoms with Gasteiger partial charge in [0.15, 0.2) is 11.5 Å². The predicted octanol–water partition coefficient (Wildman–Crippen LogP) is 6.45. The molecule has 0 aliphatic rings. The number of nitrogens with one attached hydrogen (secondary N) is 1. The number of ether oxygens (including phenoxy) is 3. The van der Waals surface area contributed by atoms with Gasteiger partial charge >= 0.3 is 0 Å². The molecular formula is C22H20BrClFNO3. The maximum atomic E-state index is 14.0. The van der Waals surface area contributed by atoms with Gasteiger partial charge in [0.25, 0.3) is 0 Å². The second-order valence-corrected chi connectivity index (χ2v) is 7.44. The van der Waals surface area contributed by atoms with Crippen LogP contribution in [0.25, 0.3) is 0 Å². The molecule has 0 heterocycles. The van der Waals surface area contributed by atoms with E-state index in [2.05, 4.69) is 21.2 Å². The largest absolute Gasteiger partial charge is 0.497 e. The molecule has 0 saturated heterocycles. The van der Waals surface area contributed by atoms with Gasteiger partial charge in [-0.2, -0.15) is 0 Å². The zero-order valence-electron chi connectivity index (χ0n) is 16.0. The molecule has 7 heteroatoms. The molecule has 0 aliphatic heterocycles. The van der Waals surface area contributed by atoms with Crippen LogP contribution in [-0.2, 0) is 13.2 Å². The molecule has 0 aliphatic carbocycles. The Morgan fingerprint density at radius 2 is 1.79 bits per heavy atom. The fraction of sp³-hybridized carbons (Fsp3) is 0.182. The summed E-state index contributed by atoms with van der Waals surface area (Å²) in [6.07, 6.45) is 0. The average Bonchev–Trinajstić information content (AvgIpc) is 2.73. The van der Waals surface area contributed by atoms with Crippen molar-refractivity contribution in [3.63, 3.8) is 0 Å². The van der Waals surface area contributed by atoms with Gasteiger partial charge in [0, 0.05) is 17.8 Å². The summed E-state index contributed by atoms with van der Waals surface area (Å²) in [5, 5.41) is 3.66. The molecule has 0 fully saturated rings. The first-order chi connectivity index (χ1) is 14.0. The highest BCUT2D eigenvalue weighted by atomic mass is 79.9. The molecule has 0 radical (unpaired) electrons. The van der Waals surface area contributed by atoms with Gasteiger partial charge in [0.2, 0.25) is 0 Å². The summed E-state index contributed by atoms with van der Waals surface area (Å²) < 4.78 is 31.1. The summed E-state index contributed by atoms with van der Waals surface area (Å²) >= 11 is 9.59. The highest BCUT2D eigenvalue weighted by Gasteiger charge is 2.14. The third-order valence-electron chi connectivity index (χ3n) is 4.30. The Kier molecular flexibility index (Phi) is 7.23. The van der Waals surface area contributed by atoms with Crippen molar-refractivity contribution in [2.24, 2.45) is 0 Å². The van der Waals surface area contributed by atoms with Crippen LogP contribution >= 0.6 is 27.5 Å². The smallest absolute Gasteiger partial charge is 0.175 e. The van der Waals surface area contributed by atoms with Crippen LogP contribution in [0.15, 0.2) is 59.1 Å². The molecular weight excluding hydrogens is 461 g/mol. The summed E-state index contributed by atoms with van der Waals surface area (Å²) in [5.74, 6) is 1.42. The molecule has 0 atom stereocenters. The number of halogens is 3. The minimum Gasteiger partial charge on any atom is -0.497 e. The van der Waals surface area contributed by atoms with Gasteiger partial charge in [-0.15, -0.1) is 0 Å². The van der Waals surface area contributed by atoms with Crippen molar-refractivity contribution in [2.75, 3.05) is 19.5 Å². The third-order valence-corrected chi connectivity index (χ3v) is 5.24. The Hall–Kier alpha value is -2.44. The topological polar surface area (TPSA) is 39.7 Å². The number of methoxy groups -OCH3 is 2. The molecule has 152 valence electrons. The standard InChI is InChI=1S/C22H20BrClFNO3/c1-27-16-8-6-15(7-9-16)26-12-14-10-18(23)22(21(11-14)28-2)29-13-17-19(24)4-3-5-20(17)25/h3-11,26H,12-13H2,1-2H3. The molecule has 0 unspecified atom stereocenters. The normalized spacial score (nSPS) is 10.5. The van der Waals surface area contributed by atoms with E-state index in [-0.39, 0.29) is 6.61 Å². The van der Waals surface area contributed by atoms with Crippen molar-refractivity contribution in [3.8, 4) is 17.2 Å². The molecule has 0 amide bonds. The van der Waals surface area contributed by atoms with E-state index in [1.54, 1.807) is 26.4 Å². The fourth-order valence-corrected chi connectivity index (χ4v) is 3.56. The van der Waals surface area contributed by atoms with Gasteiger partial charge < -0.3 is 19.5 Å². The Morgan fingerprint density at radius 1 is 1.03 bits per heavy atom. The van der Waals surface area contributed by atoms with Crippen LogP contribution in [0.2, 0.25) is 5.02 Å². The number of hydrogen-bond donors (Lipinski definition) is 1. The second kappa shape index (κ2) is 9.85. The first-order valence-electron chi connectivity index (χ1n) is 8.82. The van der Waals surface area contributed by atoms with Crippen molar-refractivity contribution >= 4 is 33.2 Å². The van der Waals surface area contributed by atoms with E-state index in [0.717, 1.165) is 17.0 Å². The zero-order chi connectivity index (χ0) is 20.8. The van der Waals surface area contributed by atoms with E-state index < -0.39 is 5.82 Å². The molecule has 29 heavy (non-hydrogen) atoms. The number of anilines is 1. The quantitative estimate of drug-likeness (QED) is 0.402. The Bertz CT molecular complexity index is 962. The van der Waals surface area contributed by atoms with E-state index in [9.17, 15) is 4.39 Å². The van der Waals surface area contributed by atoms with E-state index in [0.29, 0.717) is 33.1 Å². The minimum atomic E-state index is -0.409. The van der Waals surface area contributed by atoms with Crippen molar-refractivity contribution in [2.45, 2.75) is 13.2 Å². The molecule has 1 N–H and O–H groups in total. The first kappa shape index (κ1) is 21.3. The minimum absolute atomic E-state index is 0.0100. The SMILES string of the molecule is COc1ccc(NCc2cc(Br)c(OCc3c(F)cccc3Cl)c(OC)c2)cc1. The Balaban J connectivity index is 1.73. The van der Waals surface area contributed by atoms with Crippen LogP contribution in [0.5, 0.6) is 17.2 Å². The summed E-state index contributed by atoms with van der Waals surface area (Å²) in [4.78, 5) is 0. The zero-order valence-corrected chi connectivity index (χ0v) is 18.3. The molecule has 0 aromatic heterocycles. The van der Waals surface area contributed by atoms with Crippen LogP contribution in [0.3, 0.4) is 0 Å².